The molecule has 0 aliphatic carbocycles. The predicted octanol–water partition coefficient (Wildman–Crippen LogP) is 5.83. The number of hydrogen-bond acceptors (Lipinski definition) is 1. The fourth-order valence-corrected chi connectivity index (χ4v) is 3.60. The van der Waals surface area contributed by atoms with Crippen LogP contribution in [0.3, 0.4) is 0 Å². The van der Waals surface area contributed by atoms with Crippen molar-refractivity contribution in [3.8, 4) is 5.75 Å². The van der Waals surface area contributed by atoms with E-state index < -0.39 is 0 Å². The molecule has 2 rings (SSSR count). The lowest BCUT2D eigenvalue weighted by Crippen LogP contribution is -2.33. The van der Waals surface area contributed by atoms with E-state index >= 15 is 0 Å². The molecule has 0 bridgehead atoms. The molecule has 0 aromatic heterocycles. The summed E-state index contributed by atoms with van der Waals surface area (Å²) in [5.74, 6) is 0.920. The molecule has 2 aromatic rings. The summed E-state index contributed by atoms with van der Waals surface area (Å²) in [6, 6.07) is 16.7. The highest BCUT2D eigenvalue weighted by Crippen LogP contribution is 2.43. The van der Waals surface area contributed by atoms with Gasteiger partial charge in [-0.1, -0.05) is 75.6 Å². The predicted molar refractivity (Wildman–Crippen MR) is 94.4 cm³/mol. The molecular weight excluding hydrogens is 268 g/mol. The molecule has 2 unspecified atom stereocenters. The van der Waals surface area contributed by atoms with Gasteiger partial charge in [0.25, 0.3) is 0 Å². The van der Waals surface area contributed by atoms with Gasteiger partial charge in [0.2, 0.25) is 0 Å². The molecule has 0 saturated heterocycles. The van der Waals surface area contributed by atoms with Crippen LogP contribution in [0.4, 0.5) is 0 Å². The Labute approximate surface area is 135 Å². The van der Waals surface area contributed by atoms with Crippen LogP contribution in [0.1, 0.15) is 56.7 Å². The molecule has 0 fully saturated rings. The molecule has 0 radical (unpaired) electrons. The molecule has 0 heterocycles. The summed E-state index contributed by atoms with van der Waals surface area (Å²) in [5, 5.41) is 9.63. The minimum atomic E-state index is -0.0217. The molecule has 0 aliphatic rings. The molecule has 0 amide bonds. The summed E-state index contributed by atoms with van der Waals surface area (Å²) in [5.41, 5.74) is 3.92. The third-order valence-electron chi connectivity index (χ3n) is 5.06. The van der Waals surface area contributed by atoms with Crippen molar-refractivity contribution in [1.29, 1.82) is 0 Å². The Morgan fingerprint density at radius 2 is 1.41 bits per heavy atom. The van der Waals surface area contributed by atoms with Gasteiger partial charge in [0, 0.05) is 5.41 Å². The van der Waals surface area contributed by atoms with Gasteiger partial charge in [0.15, 0.2) is 0 Å². The molecule has 2 aromatic carbocycles. The maximum Gasteiger partial charge on any atom is 0.115 e. The van der Waals surface area contributed by atoms with Crippen molar-refractivity contribution in [2.75, 3.05) is 0 Å². The van der Waals surface area contributed by atoms with Gasteiger partial charge in [0.1, 0.15) is 5.75 Å². The average molecular weight is 296 g/mol. The lowest BCUT2D eigenvalue weighted by molar-refractivity contribution is 0.311. The molecular formula is C21H28O. The first-order valence-corrected chi connectivity index (χ1v) is 8.39. The van der Waals surface area contributed by atoms with Gasteiger partial charge >= 0.3 is 0 Å². The van der Waals surface area contributed by atoms with Crippen molar-refractivity contribution in [3.05, 3.63) is 65.2 Å². The van der Waals surface area contributed by atoms with Gasteiger partial charge in [0.05, 0.1) is 0 Å². The highest BCUT2D eigenvalue weighted by Gasteiger charge is 2.36. The first-order valence-electron chi connectivity index (χ1n) is 8.39. The topological polar surface area (TPSA) is 20.2 Å². The summed E-state index contributed by atoms with van der Waals surface area (Å²) < 4.78 is 0. The van der Waals surface area contributed by atoms with E-state index in [1.807, 2.05) is 0 Å². The van der Waals surface area contributed by atoms with Gasteiger partial charge in [-0.05, 0) is 42.5 Å². The number of rotatable bonds is 6. The normalized spacial score (nSPS) is 15.3. The van der Waals surface area contributed by atoms with Crippen molar-refractivity contribution in [2.24, 2.45) is 5.92 Å². The van der Waals surface area contributed by atoms with Gasteiger partial charge < -0.3 is 5.11 Å². The Morgan fingerprint density at radius 1 is 0.909 bits per heavy atom. The van der Waals surface area contributed by atoms with Crippen LogP contribution in [0, 0.1) is 12.8 Å². The first kappa shape index (κ1) is 16.6. The van der Waals surface area contributed by atoms with E-state index in [1.165, 1.54) is 29.5 Å². The van der Waals surface area contributed by atoms with Crippen LogP contribution >= 0.6 is 0 Å². The van der Waals surface area contributed by atoms with Crippen molar-refractivity contribution in [1.82, 2.24) is 0 Å². The van der Waals surface area contributed by atoms with E-state index in [9.17, 15) is 5.11 Å². The Hall–Kier alpha value is -1.76. The van der Waals surface area contributed by atoms with E-state index in [-0.39, 0.29) is 5.41 Å². The van der Waals surface area contributed by atoms with E-state index in [1.54, 1.807) is 12.1 Å². The molecule has 1 nitrogen and oxygen atoms in total. The number of phenols is 1. The minimum absolute atomic E-state index is 0.0217. The Bertz CT molecular complexity index is 535. The minimum Gasteiger partial charge on any atom is -0.508 e. The fraction of sp³-hybridized carbons (Fsp3) is 0.429. The van der Waals surface area contributed by atoms with Crippen LogP contribution in [0.25, 0.3) is 0 Å². The first-order chi connectivity index (χ1) is 10.5. The molecule has 118 valence electrons. The van der Waals surface area contributed by atoms with Crippen LogP contribution in [-0.4, -0.2) is 5.11 Å². The SMILES string of the molecule is CCCC(CC)C(C)(c1ccc(C)cc1)c1ccc(O)cc1. The molecule has 0 aliphatic heterocycles. The summed E-state index contributed by atoms with van der Waals surface area (Å²) in [6.07, 6.45) is 3.55. The van der Waals surface area contributed by atoms with Crippen molar-refractivity contribution >= 4 is 0 Å². The number of hydrogen-bond donors (Lipinski definition) is 1. The van der Waals surface area contributed by atoms with Crippen molar-refractivity contribution in [3.63, 3.8) is 0 Å². The van der Waals surface area contributed by atoms with Crippen molar-refractivity contribution in [2.45, 2.75) is 52.4 Å². The zero-order valence-corrected chi connectivity index (χ0v) is 14.3. The molecule has 0 spiro atoms. The largest absolute Gasteiger partial charge is 0.508 e. The smallest absolute Gasteiger partial charge is 0.115 e. The van der Waals surface area contributed by atoms with Crippen LogP contribution in [0.2, 0.25) is 0 Å². The lowest BCUT2D eigenvalue weighted by atomic mass is 9.65. The van der Waals surface area contributed by atoms with Gasteiger partial charge in [-0.3, -0.25) is 0 Å². The Morgan fingerprint density at radius 3 is 1.86 bits per heavy atom. The van der Waals surface area contributed by atoms with E-state index in [0.29, 0.717) is 11.7 Å². The maximum atomic E-state index is 9.63. The van der Waals surface area contributed by atoms with Crippen LogP contribution < -0.4 is 0 Å². The maximum absolute atomic E-state index is 9.63. The zero-order chi connectivity index (χ0) is 16.2. The number of phenolic OH excluding ortho intramolecular Hbond substituents is 1. The summed E-state index contributed by atoms with van der Waals surface area (Å²) >= 11 is 0. The molecule has 0 saturated carbocycles. The fourth-order valence-electron chi connectivity index (χ4n) is 3.60. The third kappa shape index (κ3) is 3.19. The lowest BCUT2D eigenvalue weighted by Gasteiger charge is -2.39. The molecule has 22 heavy (non-hydrogen) atoms. The summed E-state index contributed by atoms with van der Waals surface area (Å²) in [6.45, 7) is 9.03. The van der Waals surface area contributed by atoms with E-state index in [0.717, 1.165) is 6.42 Å². The molecule has 1 heteroatoms. The van der Waals surface area contributed by atoms with Gasteiger partial charge in [-0.25, -0.2) is 0 Å². The second-order valence-electron chi connectivity index (χ2n) is 6.51. The highest BCUT2D eigenvalue weighted by molar-refractivity contribution is 5.42. The van der Waals surface area contributed by atoms with Crippen LogP contribution in [0.5, 0.6) is 5.75 Å². The second-order valence-corrected chi connectivity index (χ2v) is 6.51. The van der Waals surface area contributed by atoms with Crippen LogP contribution in [0.15, 0.2) is 48.5 Å². The van der Waals surface area contributed by atoms with E-state index in [4.69, 9.17) is 0 Å². The number of aromatic hydroxyl groups is 1. The third-order valence-corrected chi connectivity index (χ3v) is 5.06. The Kier molecular flexibility index (Phi) is 5.28. The van der Waals surface area contributed by atoms with Gasteiger partial charge in [-0.2, -0.15) is 0 Å². The molecule has 2 atom stereocenters. The quantitative estimate of drug-likeness (QED) is 0.710. The monoisotopic (exact) mass is 296 g/mol. The van der Waals surface area contributed by atoms with E-state index in [2.05, 4.69) is 64.1 Å². The van der Waals surface area contributed by atoms with Gasteiger partial charge in [-0.15, -0.1) is 0 Å². The zero-order valence-electron chi connectivity index (χ0n) is 14.3. The number of benzene rings is 2. The second kappa shape index (κ2) is 7.00. The Balaban J connectivity index is 2.56. The standard InChI is InChI=1S/C21H28O/c1-5-7-17(6-2)21(4,18-10-8-16(3)9-11-18)19-12-14-20(22)15-13-19/h8-15,17,22H,5-7H2,1-4H3. The average Bonchev–Trinajstić information content (AvgIpc) is 2.53. The molecule has 1 N–H and O–H groups in total. The number of aryl methyl sites for hydroxylation is 1. The van der Waals surface area contributed by atoms with Crippen molar-refractivity contribution < 1.29 is 5.11 Å². The highest BCUT2D eigenvalue weighted by atomic mass is 16.3. The van der Waals surface area contributed by atoms with Crippen LogP contribution in [-0.2, 0) is 5.41 Å². The summed E-state index contributed by atoms with van der Waals surface area (Å²) in [4.78, 5) is 0. The summed E-state index contributed by atoms with van der Waals surface area (Å²) in [7, 11) is 0.